The number of Topliss-reactive ketones (excluding diaryl/α,β-unsaturated/α-hetero) is 1. The van der Waals surface area contributed by atoms with Gasteiger partial charge in [-0.25, -0.2) is 0 Å². The van der Waals surface area contributed by atoms with Gasteiger partial charge in [-0.3, -0.25) is 4.79 Å². The van der Waals surface area contributed by atoms with Crippen molar-refractivity contribution in [2.45, 2.75) is 20.0 Å². The molecule has 0 aliphatic carbocycles. The predicted octanol–water partition coefficient (Wildman–Crippen LogP) is 3.18. The number of halogens is 3. The summed E-state index contributed by atoms with van der Waals surface area (Å²) in [5.41, 5.74) is -1.46. The van der Waals surface area contributed by atoms with Crippen molar-refractivity contribution in [1.29, 1.82) is 5.26 Å². The van der Waals surface area contributed by atoms with Gasteiger partial charge in [0.1, 0.15) is 11.8 Å². The number of hydrogen-bond acceptors (Lipinski definition) is 3. The zero-order valence-electron chi connectivity index (χ0n) is 9.76. The fourth-order valence-corrected chi connectivity index (χ4v) is 1.50. The Labute approximate surface area is 102 Å². The van der Waals surface area contributed by atoms with Crippen molar-refractivity contribution < 1.29 is 22.7 Å². The number of benzene rings is 1. The van der Waals surface area contributed by atoms with E-state index in [0.717, 1.165) is 6.07 Å². The Kier molecular flexibility index (Phi) is 3.96. The molecule has 0 aliphatic heterocycles. The molecule has 6 heteroatoms. The topological polar surface area (TPSA) is 50.1 Å². The highest BCUT2D eigenvalue weighted by molar-refractivity contribution is 5.99. The van der Waals surface area contributed by atoms with Crippen LogP contribution in [0.2, 0.25) is 0 Å². The van der Waals surface area contributed by atoms with Crippen LogP contribution in [0.1, 0.15) is 35.3 Å². The van der Waals surface area contributed by atoms with Gasteiger partial charge in [-0.1, -0.05) is 0 Å². The van der Waals surface area contributed by atoms with Crippen molar-refractivity contribution >= 4 is 5.78 Å². The monoisotopic (exact) mass is 257 g/mol. The van der Waals surface area contributed by atoms with Crippen LogP contribution in [-0.2, 0) is 6.18 Å². The van der Waals surface area contributed by atoms with Gasteiger partial charge in [0, 0.05) is 0 Å². The summed E-state index contributed by atoms with van der Waals surface area (Å²) >= 11 is 0. The van der Waals surface area contributed by atoms with Crippen LogP contribution in [0.4, 0.5) is 13.2 Å². The molecule has 0 aromatic heterocycles. The summed E-state index contributed by atoms with van der Waals surface area (Å²) in [6, 6.07) is 2.98. The molecule has 0 bridgehead atoms. The quantitative estimate of drug-likeness (QED) is 0.781. The van der Waals surface area contributed by atoms with E-state index in [2.05, 4.69) is 0 Å². The first-order chi connectivity index (χ1) is 8.31. The van der Waals surface area contributed by atoms with Crippen molar-refractivity contribution in [2.24, 2.45) is 0 Å². The zero-order valence-corrected chi connectivity index (χ0v) is 9.76. The van der Waals surface area contributed by atoms with Gasteiger partial charge in [0.05, 0.1) is 23.3 Å². The third-order valence-electron chi connectivity index (χ3n) is 2.20. The molecule has 0 radical (unpaired) electrons. The standard InChI is InChI=1S/C12H10F3NO2/c1-3-18-10-5-9(12(13,14)15)4-8(6-16)11(10)7(2)17/h4-5H,3H2,1-2H3. The normalized spacial score (nSPS) is 10.9. The number of rotatable bonds is 3. The third-order valence-corrected chi connectivity index (χ3v) is 2.20. The molecule has 0 saturated carbocycles. The summed E-state index contributed by atoms with van der Waals surface area (Å²) in [5.74, 6) is -0.722. The predicted molar refractivity (Wildman–Crippen MR) is 57.3 cm³/mol. The molecule has 0 atom stereocenters. The van der Waals surface area contributed by atoms with Gasteiger partial charge in [-0.15, -0.1) is 0 Å². The second-order valence-electron chi connectivity index (χ2n) is 3.50. The van der Waals surface area contributed by atoms with Crippen LogP contribution in [0.3, 0.4) is 0 Å². The molecule has 0 saturated heterocycles. The number of ether oxygens (including phenoxy) is 1. The van der Waals surface area contributed by atoms with Gasteiger partial charge in [0.2, 0.25) is 0 Å². The largest absolute Gasteiger partial charge is 0.493 e. The zero-order chi connectivity index (χ0) is 13.9. The maximum atomic E-state index is 12.6. The van der Waals surface area contributed by atoms with Gasteiger partial charge < -0.3 is 4.74 Å². The fraction of sp³-hybridized carbons (Fsp3) is 0.333. The van der Waals surface area contributed by atoms with Crippen molar-refractivity contribution in [3.05, 3.63) is 28.8 Å². The Hall–Kier alpha value is -2.03. The lowest BCUT2D eigenvalue weighted by Crippen LogP contribution is -2.10. The van der Waals surface area contributed by atoms with Crippen molar-refractivity contribution in [3.8, 4) is 11.8 Å². The van der Waals surface area contributed by atoms with Crippen molar-refractivity contribution in [3.63, 3.8) is 0 Å². The molecule has 3 nitrogen and oxygen atoms in total. The number of nitriles is 1. The minimum atomic E-state index is -4.59. The van der Waals surface area contributed by atoms with E-state index >= 15 is 0 Å². The molecule has 0 spiro atoms. The van der Waals surface area contributed by atoms with Gasteiger partial charge >= 0.3 is 6.18 Å². The van der Waals surface area contributed by atoms with Crippen molar-refractivity contribution in [2.75, 3.05) is 6.61 Å². The Morgan fingerprint density at radius 1 is 1.44 bits per heavy atom. The first kappa shape index (κ1) is 14.0. The highest BCUT2D eigenvalue weighted by atomic mass is 19.4. The molecule has 0 unspecified atom stereocenters. The molecule has 1 rings (SSSR count). The molecular weight excluding hydrogens is 247 g/mol. The van der Waals surface area contributed by atoms with E-state index in [1.54, 1.807) is 13.0 Å². The van der Waals surface area contributed by atoms with Gasteiger partial charge in [-0.2, -0.15) is 18.4 Å². The van der Waals surface area contributed by atoms with E-state index in [-0.39, 0.29) is 23.5 Å². The molecule has 0 amide bonds. The van der Waals surface area contributed by atoms with E-state index in [9.17, 15) is 18.0 Å². The summed E-state index contributed by atoms with van der Waals surface area (Å²) in [5, 5.41) is 8.83. The van der Waals surface area contributed by atoms with Gasteiger partial charge in [0.25, 0.3) is 0 Å². The van der Waals surface area contributed by atoms with E-state index in [1.165, 1.54) is 6.92 Å². The van der Waals surface area contributed by atoms with E-state index < -0.39 is 17.5 Å². The highest BCUT2D eigenvalue weighted by Crippen LogP contribution is 2.35. The Balaban J connectivity index is 3.55. The minimum Gasteiger partial charge on any atom is -0.493 e. The second-order valence-corrected chi connectivity index (χ2v) is 3.50. The average molecular weight is 257 g/mol. The molecular formula is C12H10F3NO2. The van der Waals surface area contributed by atoms with Crippen LogP contribution in [0.15, 0.2) is 12.1 Å². The molecule has 96 valence electrons. The van der Waals surface area contributed by atoms with Crippen LogP contribution in [0.5, 0.6) is 5.75 Å². The fourth-order valence-electron chi connectivity index (χ4n) is 1.50. The van der Waals surface area contributed by atoms with Crippen molar-refractivity contribution in [1.82, 2.24) is 0 Å². The van der Waals surface area contributed by atoms with Crippen LogP contribution in [0, 0.1) is 11.3 Å². The molecule has 1 aromatic rings. The van der Waals surface area contributed by atoms with E-state index in [4.69, 9.17) is 10.00 Å². The second kappa shape index (κ2) is 5.08. The Morgan fingerprint density at radius 2 is 2.06 bits per heavy atom. The maximum Gasteiger partial charge on any atom is 0.416 e. The van der Waals surface area contributed by atoms with E-state index in [1.807, 2.05) is 0 Å². The average Bonchev–Trinajstić information content (AvgIpc) is 2.26. The summed E-state index contributed by atoms with van der Waals surface area (Å²) in [4.78, 5) is 11.4. The summed E-state index contributed by atoms with van der Waals surface area (Å²) in [7, 11) is 0. The first-order valence-electron chi connectivity index (χ1n) is 5.10. The van der Waals surface area contributed by atoms with Crippen LogP contribution >= 0.6 is 0 Å². The summed E-state index contributed by atoms with van der Waals surface area (Å²) in [6.45, 7) is 2.86. The molecule has 0 aliphatic rings. The maximum absolute atomic E-state index is 12.6. The number of ketones is 1. The first-order valence-corrected chi connectivity index (χ1v) is 5.10. The molecule has 1 aromatic carbocycles. The molecule has 0 heterocycles. The number of hydrogen-bond donors (Lipinski definition) is 0. The van der Waals surface area contributed by atoms with Gasteiger partial charge in [-0.05, 0) is 26.0 Å². The van der Waals surface area contributed by atoms with Crippen LogP contribution in [0.25, 0.3) is 0 Å². The lowest BCUT2D eigenvalue weighted by molar-refractivity contribution is -0.137. The Morgan fingerprint density at radius 3 is 2.44 bits per heavy atom. The van der Waals surface area contributed by atoms with E-state index in [0.29, 0.717) is 6.07 Å². The minimum absolute atomic E-state index is 0.104. The SMILES string of the molecule is CCOc1cc(C(F)(F)F)cc(C#N)c1C(C)=O. The molecule has 0 fully saturated rings. The smallest absolute Gasteiger partial charge is 0.416 e. The van der Waals surface area contributed by atoms with Crippen LogP contribution in [-0.4, -0.2) is 12.4 Å². The number of carbonyl (C=O) groups is 1. The van der Waals surface area contributed by atoms with Crippen LogP contribution < -0.4 is 4.74 Å². The number of alkyl halides is 3. The Bertz CT molecular complexity index is 515. The lowest BCUT2D eigenvalue weighted by atomic mass is 10.0. The molecule has 18 heavy (non-hydrogen) atoms. The third kappa shape index (κ3) is 2.80. The highest BCUT2D eigenvalue weighted by Gasteiger charge is 2.33. The number of carbonyl (C=O) groups excluding carboxylic acids is 1. The lowest BCUT2D eigenvalue weighted by Gasteiger charge is -2.13. The molecule has 0 N–H and O–H groups in total. The summed E-state index contributed by atoms with van der Waals surface area (Å²) < 4.78 is 42.8. The van der Waals surface area contributed by atoms with Gasteiger partial charge in [0.15, 0.2) is 5.78 Å². The summed E-state index contributed by atoms with van der Waals surface area (Å²) in [6.07, 6.45) is -4.59. The number of nitrogens with zero attached hydrogens (tertiary/aromatic N) is 1.